The van der Waals surface area contributed by atoms with E-state index in [4.69, 9.17) is 4.74 Å². The van der Waals surface area contributed by atoms with Crippen LogP contribution in [0.2, 0.25) is 0 Å². The summed E-state index contributed by atoms with van der Waals surface area (Å²) in [5.41, 5.74) is -1.03. The number of ether oxygens (including phenoxy) is 1. The van der Waals surface area contributed by atoms with Gasteiger partial charge in [-0.25, -0.2) is 0 Å². The summed E-state index contributed by atoms with van der Waals surface area (Å²) < 4.78 is 6.78. The molecule has 1 aliphatic rings. The highest BCUT2D eigenvalue weighted by atomic mass is 79.9. The van der Waals surface area contributed by atoms with Crippen LogP contribution in [0.3, 0.4) is 0 Å². The Bertz CT molecular complexity index is 466. The number of hydrogen-bond donors (Lipinski definition) is 0. The van der Waals surface area contributed by atoms with Crippen LogP contribution < -0.4 is 5.43 Å². The Kier molecular flexibility index (Phi) is 2.57. The quantitative estimate of drug-likeness (QED) is 0.467. The normalized spacial score (nSPS) is 18.9. The zero-order valence-corrected chi connectivity index (χ0v) is 9.14. The van der Waals surface area contributed by atoms with E-state index in [1.165, 1.54) is 12.4 Å². The van der Waals surface area contributed by atoms with Crippen molar-refractivity contribution in [3.8, 4) is 0 Å². The Labute approximate surface area is 92.7 Å². The number of pyridine rings is 1. The summed E-state index contributed by atoms with van der Waals surface area (Å²) in [6.45, 7) is 1.19. The molecule has 6 nitrogen and oxygen atoms in total. The number of nitrogens with zero attached hydrogens (tertiary/aromatic N) is 2. The monoisotopic (exact) mass is 274 g/mol. The summed E-state index contributed by atoms with van der Waals surface area (Å²) in [4.78, 5) is 21.2. The van der Waals surface area contributed by atoms with Crippen LogP contribution in [0.5, 0.6) is 0 Å². The van der Waals surface area contributed by atoms with Gasteiger partial charge in [-0.15, -0.1) is 0 Å². The molecule has 0 aromatic carbocycles. The lowest BCUT2D eigenvalue weighted by atomic mass is 10.4. The van der Waals surface area contributed by atoms with Gasteiger partial charge in [-0.2, -0.15) is 0 Å². The molecular weight excluding hydrogens is 268 g/mol. The second kappa shape index (κ2) is 3.74. The molecule has 0 radical (unpaired) electrons. The summed E-state index contributed by atoms with van der Waals surface area (Å²) >= 11 is 3.00. The van der Waals surface area contributed by atoms with E-state index in [-0.39, 0.29) is 10.6 Å². The number of epoxide rings is 1. The van der Waals surface area contributed by atoms with Gasteiger partial charge in [0.1, 0.15) is 0 Å². The van der Waals surface area contributed by atoms with Crippen molar-refractivity contribution in [1.29, 1.82) is 0 Å². The zero-order chi connectivity index (χ0) is 11.0. The maximum absolute atomic E-state index is 11.3. The molecule has 0 saturated carbocycles. The molecule has 2 heterocycles. The van der Waals surface area contributed by atoms with Crippen LogP contribution in [0.15, 0.2) is 21.7 Å². The predicted molar refractivity (Wildman–Crippen MR) is 54.8 cm³/mol. The van der Waals surface area contributed by atoms with Crippen molar-refractivity contribution in [2.75, 3.05) is 6.61 Å². The van der Waals surface area contributed by atoms with E-state index in [2.05, 4.69) is 15.9 Å². The van der Waals surface area contributed by atoms with Crippen molar-refractivity contribution in [2.24, 2.45) is 0 Å². The molecule has 0 amide bonds. The molecule has 2 rings (SSSR count). The van der Waals surface area contributed by atoms with Crippen LogP contribution in [0.1, 0.15) is 0 Å². The fraction of sp³-hybridized carbons (Fsp3) is 0.375. The second-order valence-electron chi connectivity index (χ2n) is 3.23. The van der Waals surface area contributed by atoms with Crippen LogP contribution in [0, 0.1) is 10.1 Å². The smallest absolute Gasteiger partial charge is 0.333 e. The van der Waals surface area contributed by atoms with Crippen molar-refractivity contribution in [3.05, 3.63) is 37.2 Å². The molecule has 80 valence electrons. The summed E-state index contributed by atoms with van der Waals surface area (Å²) in [7, 11) is 0. The first-order valence-electron chi connectivity index (χ1n) is 4.23. The summed E-state index contributed by atoms with van der Waals surface area (Å²) in [5, 5.41) is 10.6. The molecule has 1 unspecified atom stereocenters. The van der Waals surface area contributed by atoms with E-state index in [1.807, 2.05) is 0 Å². The minimum Gasteiger partial charge on any atom is -0.371 e. The van der Waals surface area contributed by atoms with E-state index in [1.54, 1.807) is 4.57 Å². The van der Waals surface area contributed by atoms with E-state index in [0.717, 1.165) is 0 Å². The molecule has 0 spiro atoms. The lowest BCUT2D eigenvalue weighted by molar-refractivity contribution is -0.386. The molecular formula is C8H7BrN2O4. The van der Waals surface area contributed by atoms with Crippen molar-refractivity contribution < 1.29 is 9.66 Å². The van der Waals surface area contributed by atoms with Crippen LogP contribution in [-0.4, -0.2) is 22.2 Å². The first-order valence-corrected chi connectivity index (χ1v) is 5.03. The Hall–Kier alpha value is -1.21. The Morgan fingerprint density at radius 3 is 2.87 bits per heavy atom. The van der Waals surface area contributed by atoms with Crippen molar-refractivity contribution in [1.82, 2.24) is 4.57 Å². The third-order valence-electron chi connectivity index (χ3n) is 2.03. The van der Waals surface area contributed by atoms with E-state index in [0.29, 0.717) is 13.2 Å². The molecule has 7 heteroatoms. The molecule has 1 aliphatic heterocycles. The van der Waals surface area contributed by atoms with Crippen LogP contribution in [0.4, 0.5) is 5.69 Å². The maximum atomic E-state index is 11.3. The third-order valence-corrected chi connectivity index (χ3v) is 2.60. The van der Waals surface area contributed by atoms with Gasteiger partial charge in [0.15, 0.2) is 0 Å². The molecule has 0 bridgehead atoms. The first-order chi connectivity index (χ1) is 7.08. The summed E-state index contributed by atoms with van der Waals surface area (Å²) in [6, 6.07) is 0. The third kappa shape index (κ3) is 2.24. The SMILES string of the molecule is O=c1c(Br)cn(CC2CO2)cc1[N+](=O)[O-]. The zero-order valence-electron chi connectivity index (χ0n) is 7.55. The summed E-state index contributed by atoms with van der Waals surface area (Å²) in [6.07, 6.45) is 2.87. The molecule has 0 aliphatic carbocycles. The average molecular weight is 275 g/mol. The van der Waals surface area contributed by atoms with Gasteiger partial charge in [0.2, 0.25) is 0 Å². The average Bonchev–Trinajstić information content (AvgIpc) is 2.94. The lowest BCUT2D eigenvalue weighted by Gasteiger charge is -2.03. The second-order valence-corrected chi connectivity index (χ2v) is 4.08. The Morgan fingerprint density at radius 2 is 2.33 bits per heavy atom. The van der Waals surface area contributed by atoms with Gasteiger partial charge in [0.05, 0.1) is 34.8 Å². The number of aromatic nitrogens is 1. The van der Waals surface area contributed by atoms with Gasteiger partial charge in [0.25, 0.3) is 5.43 Å². The molecule has 1 fully saturated rings. The lowest BCUT2D eigenvalue weighted by Crippen LogP contribution is -2.14. The number of hydrogen-bond acceptors (Lipinski definition) is 4. The minimum absolute atomic E-state index is 0.110. The van der Waals surface area contributed by atoms with Crippen LogP contribution in [-0.2, 0) is 11.3 Å². The molecule has 1 atom stereocenters. The summed E-state index contributed by atoms with van der Waals surface area (Å²) in [5.74, 6) is 0. The molecule has 15 heavy (non-hydrogen) atoms. The molecule has 1 aromatic rings. The fourth-order valence-corrected chi connectivity index (χ4v) is 1.69. The van der Waals surface area contributed by atoms with Crippen LogP contribution >= 0.6 is 15.9 Å². The van der Waals surface area contributed by atoms with Gasteiger partial charge in [-0.3, -0.25) is 14.9 Å². The van der Waals surface area contributed by atoms with Crippen molar-refractivity contribution in [2.45, 2.75) is 12.6 Å². The number of nitro groups is 1. The van der Waals surface area contributed by atoms with Gasteiger partial charge in [-0.05, 0) is 15.9 Å². The Morgan fingerprint density at radius 1 is 1.67 bits per heavy atom. The largest absolute Gasteiger partial charge is 0.371 e. The van der Waals surface area contributed by atoms with Crippen molar-refractivity contribution in [3.63, 3.8) is 0 Å². The van der Waals surface area contributed by atoms with E-state index >= 15 is 0 Å². The van der Waals surface area contributed by atoms with E-state index in [9.17, 15) is 14.9 Å². The van der Waals surface area contributed by atoms with Crippen LogP contribution in [0.25, 0.3) is 0 Å². The van der Waals surface area contributed by atoms with Gasteiger partial charge in [0, 0.05) is 6.20 Å². The van der Waals surface area contributed by atoms with Gasteiger partial charge < -0.3 is 9.30 Å². The predicted octanol–water partition coefficient (Wildman–Crippen LogP) is 0.918. The van der Waals surface area contributed by atoms with E-state index < -0.39 is 16.0 Å². The van der Waals surface area contributed by atoms with Gasteiger partial charge >= 0.3 is 5.69 Å². The highest BCUT2D eigenvalue weighted by Crippen LogP contribution is 2.15. The number of halogens is 1. The standard InChI is InChI=1S/C8H7BrN2O4/c9-6-2-10(1-5-4-15-5)3-7(8(6)12)11(13)14/h2-3,5H,1,4H2. The molecule has 0 N–H and O–H groups in total. The number of rotatable bonds is 3. The first kappa shape index (κ1) is 10.3. The highest BCUT2D eigenvalue weighted by Gasteiger charge is 2.24. The maximum Gasteiger partial charge on any atom is 0.333 e. The molecule has 1 aromatic heterocycles. The molecule has 1 saturated heterocycles. The minimum atomic E-state index is -0.683. The van der Waals surface area contributed by atoms with Crippen molar-refractivity contribution >= 4 is 21.6 Å². The van der Waals surface area contributed by atoms with Gasteiger partial charge in [-0.1, -0.05) is 0 Å². The fourth-order valence-electron chi connectivity index (χ4n) is 1.22. The topological polar surface area (TPSA) is 77.7 Å². The highest BCUT2D eigenvalue weighted by molar-refractivity contribution is 9.10. The Balaban J connectivity index is 2.40.